The van der Waals surface area contributed by atoms with Gasteiger partial charge >= 0.3 is 23.9 Å². The summed E-state index contributed by atoms with van der Waals surface area (Å²) < 4.78 is 35.3. The molecule has 9 atom stereocenters. The third-order valence-corrected chi connectivity index (χ3v) is 14.7. The number of rotatable bonds is 15. The highest BCUT2D eigenvalue weighted by atomic mass is 16.6. The molecule has 1 spiro atoms. The van der Waals surface area contributed by atoms with Crippen LogP contribution >= 0.6 is 0 Å². The van der Waals surface area contributed by atoms with Gasteiger partial charge in [-0.1, -0.05) is 40.7 Å². The lowest BCUT2D eigenvalue weighted by molar-refractivity contribution is -0.214. The average molecular weight is 768 g/mol. The summed E-state index contributed by atoms with van der Waals surface area (Å²) in [6.07, 6.45) is 4.76. The molecule has 12 heteroatoms. The molecule has 2 heterocycles. The Balaban J connectivity index is 1.17. The molecule has 6 aliphatic rings. The van der Waals surface area contributed by atoms with E-state index in [1.54, 1.807) is 14.0 Å². The summed E-state index contributed by atoms with van der Waals surface area (Å²) in [6.45, 7) is 16.5. The zero-order valence-electron chi connectivity index (χ0n) is 34.2. The van der Waals surface area contributed by atoms with Crippen LogP contribution in [0.2, 0.25) is 0 Å². The number of piperidine rings is 1. The molecule has 2 unspecified atom stereocenters. The normalized spacial score (nSPS) is 33.0. The molecule has 304 valence electrons. The summed E-state index contributed by atoms with van der Waals surface area (Å²) >= 11 is 0. The van der Waals surface area contributed by atoms with Crippen molar-refractivity contribution in [1.29, 1.82) is 0 Å². The first-order valence-corrected chi connectivity index (χ1v) is 20.4. The van der Waals surface area contributed by atoms with Gasteiger partial charge in [-0.15, -0.1) is 0 Å². The lowest BCUT2D eigenvalue weighted by Crippen LogP contribution is -2.73. The lowest BCUT2D eigenvalue weighted by Gasteiger charge is -2.69. The number of esters is 4. The van der Waals surface area contributed by atoms with Crippen molar-refractivity contribution in [2.75, 3.05) is 33.4 Å². The van der Waals surface area contributed by atoms with Crippen LogP contribution in [0, 0.1) is 34.5 Å². The molecule has 0 radical (unpaired) electrons. The minimum absolute atomic E-state index is 0.0529. The standard InChI is InChI=1S/C43H61NO11/c1-10-41-20-31(40(8,49)39(5,6)7)43(50-9)37-38(43)55-36-30(14-13-28-19-32(41)44(21-27-11-12-27)16-15-42(37,41)35(28)36)54-34(48)18-24(2)17-33(47)53-29(22-51-25(3)45)23-52-26(4)46/h13-14,24,27,29,31-32,37-38,49H,10-12,15-23H2,1-9H3/t24?,31-,32?,37-,38+,40+,41-,42+,43-/m1/s1. The molecule has 55 heavy (non-hydrogen) atoms. The van der Waals surface area contributed by atoms with Crippen LogP contribution in [0.5, 0.6) is 11.5 Å². The van der Waals surface area contributed by atoms with E-state index in [0.717, 1.165) is 44.7 Å². The molecule has 2 aliphatic heterocycles. The Morgan fingerprint density at radius 2 is 1.67 bits per heavy atom. The first-order chi connectivity index (χ1) is 25.9. The predicted octanol–water partition coefficient (Wildman–Crippen LogP) is 5.31. The number of hydrogen-bond acceptors (Lipinski definition) is 12. The van der Waals surface area contributed by atoms with Crippen molar-refractivity contribution >= 4 is 23.9 Å². The third kappa shape index (κ3) is 6.37. The first kappa shape index (κ1) is 40.0. The number of likely N-dealkylation sites (tertiary alicyclic amines) is 1. The molecule has 3 saturated carbocycles. The van der Waals surface area contributed by atoms with Crippen molar-refractivity contribution < 1.29 is 52.7 Å². The van der Waals surface area contributed by atoms with Crippen LogP contribution in [0.1, 0.15) is 111 Å². The molecular formula is C43H61NO11. The van der Waals surface area contributed by atoms with Gasteiger partial charge in [-0.3, -0.25) is 24.1 Å². The fourth-order valence-corrected chi connectivity index (χ4v) is 11.6. The summed E-state index contributed by atoms with van der Waals surface area (Å²) in [5.74, 6) is -1.04. The van der Waals surface area contributed by atoms with E-state index in [1.807, 2.05) is 13.0 Å². The summed E-state index contributed by atoms with van der Waals surface area (Å²) in [4.78, 5) is 51.9. The van der Waals surface area contributed by atoms with Gasteiger partial charge in [0.25, 0.3) is 0 Å². The maximum Gasteiger partial charge on any atom is 0.311 e. The van der Waals surface area contributed by atoms with Crippen LogP contribution in [0.15, 0.2) is 12.1 Å². The summed E-state index contributed by atoms with van der Waals surface area (Å²) in [7, 11) is 1.78. The smallest absolute Gasteiger partial charge is 0.311 e. The Morgan fingerprint density at radius 3 is 2.25 bits per heavy atom. The third-order valence-electron chi connectivity index (χ3n) is 14.7. The Labute approximate surface area is 325 Å². The van der Waals surface area contributed by atoms with Crippen molar-refractivity contribution in [3.63, 3.8) is 0 Å². The SMILES string of the molecule is CC[C@]12C[C@H]([C@](C)(O)C(C)(C)C)[C@]3(OC)[C@H]4Oc5c(OC(=O)CC(C)CC(=O)OC(COC(C)=O)COC(C)=O)ccc6c5[C@@]1(CCN(CC1CC1)C2C6)[C@@H]43. The second kappa shape index (κ2) is 14.0. The minimum atomic E-state index is -1.05. The Morgan fingerprint density at radius 1 is 1.02 bits per heavy atom. The van der Waals surface area contributed by atoms with Gasteiger partial charge in [0.2, 0.25) is 0 Å². The number of methoxy groups -OCH3 is 1. The molecule has 0 aromatic heterocycles. The molecule has 1 aromatic rings. The minimum Gasteiger partial charge on any atom is -0.483 e. The van der Waals surface area contributed by atoms with E-state index in [1.165, 1.54) is 37.8 Å². The zero-order chi connectivity index (χ0) is 39.9. The fraction of sp³-hybridized carbons (Fsp3) is 0.767. The van der Waals surface area contributed by atoms with Crippen LogP contribution in [-0.4, -0.2) is 96.7 Å². The van der Waals surface area contributed by atoms with Crippen LogP contribution < -0.4 is 9.47 Å². The number of aliphatic hydroxyl groups is 1. The summed E-state index contributed by atoms with van der Waals surface area (Å²) in [5, 5.41) is 12.6. The van der Waals surface area contributed by atoms with Crippen molar-refractivity contribution in [3.05, 3.63) is 23.3 Å². The number of carbonyl (C=O) groups excluding carboxylic acids is 4. The molecule has 4 fully saturated rings. The van der Waals surface area contributed by atoms with E-state index in [-0.39, 0.29) is 54.8 Å². The largest absolute Gasteiger partial charge is 0.483 e. The molecule has 1 N–H and O–H groups in total. The predicted molar refractivity (Wildman–Crippen MR) is 200 cm³/mol. The molecule has 7 rings (SSSR count). The van der Waals surface area contributed by atoms with Gasteiger partial charge in [0.1, 0.15) is 24.9 Å². The lowest BCUT2D eigenvalue weighted by atomic mass is 9.39. The number of nitrogens with zero attached hydrogens (tertiary/aromatic N) is 1. The monoisotopic (exact) mass is 767 g/mol. The molecule has 1 saturated heterocycles. The maximum atomic E-state index is 13.6. The summed E-state index contributed by atoms with van der Waals surface area (Å²) in [6, 6.07) is 4.31. The fourth-order valence-electron chi connectivity index (χ4n) is 11.6. The van der Waals surface area contributed by atoms with Crippen molar-refractivity contribution in [2.24, 2.45) is 34.5 Å². The van der Waals surface area contributed by atoms with Crippen LogP contribution in [0.4, 0.5) is 0 Å². The first-order valence-electron chi connectivity index (χ1n) is 20.4. The van der Waals surface area contributed by atoms with E-state index in [2.05, 4.69) is 38.7 Å². The number of ether oxygens (including phenoxy) is 6. The Bertz CT molecular complexity index is 1700. The van der Waals surface area contributed by atoms with Gasteiger partial charge in [0.15, 0.2) is 17.6 Å². The van der Waals surface area contributed by atoms with Crippen LogP contribution in [0.25, 0.3) is 0 Å². The average Bonchev–Trinajstić information content (AvgIpc) is 4.03. The van der Waals surface area contributed by atoms with E-state index in [4.69, 9.17) is 28.4 Å². The maximum absolute atomic E-state index is 13.6. The molecule has 1 aromatic carbocycles. The molecule has 2 bridgehead atoms. The number of benzene rings is 1. The van der Waals surface area contributed by atoms with E-state index in [9.17, 15) is 24.3 Å². The van der Waals surface area contributed by atoms with Gasteiger partial charge in [0.05, 0.1) is 5.60 Å². The zero-order valence-corrected chi connectivity index (χ0v) is 34.2. The molecule has 12 nitrogen and oxygen atoms in total. The molecular weight excluding hydrogens is 706 g/mol. The second-order valence-electron chi connectivity index (χ2n) is 18.7. The second-order valence-corrected chi connectivity index (χ2v) is 18.7. The van der Waals surface area contributed by atoms with Gasteiger partial charge < -0.3 is 33.5 Å². The topological polar surface area (TPSA) is 147 Å². The van der Waals surface area contributed by atoms with Crippen LogP contribution in [0.3, 0.4) is 0 Å². The van der Waals surface area contributed by atoms with Gasteiger partial charge in [-0.25, -0.2) is 0 Å². The highest BCUT2D eigenvalue weighted by Crippen LogP contribution is 2.82. The van der Waals surface area contributed by atoms with Crippen molar-refractivity contribution in [1.82, 2.24) is 4.90 Å². The van der Waals surface area contributed by atoms with Crippen molar-refractivity contribution in [3.8, 4) is 11.5 Å². The number of fused-ring (bicyclic) bond motifs is 1. The quantitative estimate of drug-likeness (QED) is 0.140. The summed E-state index contributed by atoms with van der Waals surface area (Å²) in [5.41, 5.74) is -0.179. The van der Waals surface area contributed by atoms with Crippen LogP contribution in [-0.2, 0) is 50.0 Å². The van der Waals surface area contributed by atoms with E-state index in [0.29, 0.717) is 17.5 Å². The van der Waals surface area contributed by atoms with Gasteiger partial charge in [0, 0.05) is 69.2 Å². The molecule has 0 amide bonds. The highest BCUT2D eigenvalue weighted by molar-refractivity contribution is 5.77. The van der Waals surface area contributed by atoms with E-state index >= 15 is 0 Å². The molecule has 4 aliphatic carbocycles. The van der Waals surface area contributed by atoms with Crippen molar-refractivity contribution in [2.45, 2.75) is 142 Å². The Kier molecular flexibility index (Phi) is 10.2. The van der Waals surface area contributed by atoms with Gasteiger partial charge in [-0.05, 0) is 86.3 Å². The highest BCUT2D eigenvalue weighted by Gasteiger charge is 2.89. The Hall–Kier alpha value is -3.22. The van der Waals surface area contributed by atoms with Gasteiger partial charge in [-0.2, -0.15) is 0 Å². The van der Waals surface area contributed by atoms with E-state index < -0.39 is 52.5 Å². The number of carbonyl (C=O) groups is 4. The number of hydrogen-bond donors (Lipinski definition) is 1.